The highest BCUT2D eigenvalue weighted by atomic mass is 28.3. The monoisotopic (exact) mass is 474 g/mol. The summed E-state index contributed by atoms with van der Waals surface area (Å²) in [6.45, 7) is 14.6. The van der Waals surface area contributed by atoms with Crippen LogP contribution in [-0.2, 0) is 4.79 Å². The van der Waals surface area contributed by atoms with E-state index in [1.165, 1.54) is 39.0 Å². The molecule has 2 aromatic carbocycles. The van der Waals surface area contributed by atoms with Gasteiger partial charge >= 0.3 is 5.97 Å². The molecule has 1 fully saturated rings. The largest absolute Gasteiger partial charge is 0.481 e. The van der Waals surface area contributed by atoms with E-state index < -0.39 is 14.0 Å². The van der Waals surface area contributed by atoms with Gasteiger partial charge in [-0.3, -0.25) is 4.79 Å². The van der Waals surface area contributed by atoms with Crippen molar-refractivity contribution < 1.29 is 9.90 Å². The van der Waals surface area contributed by atoms with Crippen molar-refractivity contribution in [1.82, 2.24) is 4.58 Å². The fourth-order valence-corrected chi connectivity index (χ4v) is 10.2. The zero-order chi connectivity index (χ0) is 24.3. The van der Waals surface area contributed by atoms with Gasteiger partial charge in [0.25, 0.3) is 0 Å². The minimum atomic E-state index is -2.21. The summed E-state index contributed by atoms with van der Waals surface area (Å²) in [5.74, 6) is -0.710. The van der Waals surface area contributed by atoms with Crippen LogP contribution in [0.15, 0.2) is 41.4 Å². The summed E-state index contributed by atoms with van der Waals surface area (Å²) in [5, 5.41) is 14.5. The summed E-state index contributed by atoms with van der Waals surface area (Å²) < 4.78 is 2.49. The number of carbonyl (C=O) groups is 1. The lowest BCUT2D eigenvalue weighted by Crippen LogP contribution is -2.64. The Morgan fingerprint density at radius 1 is 1.21 bits per heavy atom. The highest BCUT2D eigenvalue weighted by Crippen LogP contribution is 2.29. The van der Waals surface area contributed by atoms with E-state index in [4.69, 9.17) is 4.99 Å². The Morgan fingerprint density at radius 3 is 2.62 bits per heavy atom. The molecule has 3 heterocycles. The van der Waals surface area contributed by atoms with Gasteiger partial charge in [0.1, 0.15) is 14.6 Å². The van der Waals surface area contributed by atoms with Crippen molar-refractivity contribution in [3.63, 3.8) is 0 Å². The summed E-state index contributed by atoms with van der Waals surface area (Å²) in [7, 11) is -2.21. The van der Waals surface area contributed by atoms with Gasteiger partial charge in [0.2, 0.25) is 5.36 Å². The van der Waals surface area contributed by atoms with Crippen LogP contribution in [0.3, 0.4) is 0 Å². The van der Waals surface area contributed by atoms with Crippen molar-refractivity contribution in [2.45, 2.75) is 65.1 Å². The van der Waals surface area contributed by atoms with Crippen molar-refractivity contribution in [3.05, 3.63) is 52.7 Å². The van der Waals surface area contributed by atoms with Gasteiger partial charge in [-0.15, -0.1) is 0 Å². The number of hydrogen-bond acceptors (Lipinski definition) is 3. The lowest BCUT2D eigenvalue weighted by Gasteiger charge is -2.37. The summed E-state index contributed by atoms with van der Waals surface area (Å²) in [5.41, 5.74) is 4.89. The number of anilines is 1. The number of rotatable bonds is 6. The first-order chi connectivity index (χ1) is 16.1. The first-order valence-electron chi connectivity index (χ1n) is 12.6. The van der Waals surface area contributed by atoms with E-state index in [0.29, 0.717) is 6.42 Å². The molecule has 3 aliphatic rings. The van der Waals surface area contributed by atoms with E-state index >= 15 is 0 Å². The SMILES string of the molecule is CC[N+]1=c2cc3c(cc2C(C)=CC1(C)C)=Nc1ccc(N2CCC2)cc1[Si]3(C)CCCC(=O)O. The molecule has 2 aromatic rings. The highest BCUT2D eigenvalue weighted by Gasteiger charge is 2.40. The fourth-order valence-electron chi connectivity index (χ4n) is 6.20. The van der Waals surface area contributed by atoms with Crippen LogP contribution in [0.25, 0.3) is 5.57 Å². The smallest absolute Gasteiger partial charge is 0.303 e. The number of nitrogens with zero attached hydrogens (tertiary/aromatic N) is 3. The standard InChI is InChI=1S/C28H35N3O2Si/c1-6-31-24-17-26-23(16-21(24)19(2)18-28(31,3)4)29-22-11-10-20(30-12-8-13-30)15-25(22)34(26,5)14-7-9-27(32)33/h10-11,15-18H,6-9,12-14H2,1-5H3/p+1. The molecule has 0 aliphatic carbocycles. The second kappa shape index (κ2) is 8.19. The number of hydrogen-bond donors (Lipinski definition) is 1. The summed E-state index contributed by atoms with van der Waals surface area (Å²) in [6, 6.07) is 12.4. The minimum Gasteiger partial charge on any atom is -0.481 e. The fraction of sp³-hybridized carbons (Fsp3) is 0.464. The topological polar surface area (TPSA) is 55.9 Å². The normalized spacial score (nSPS) is 22.1. The molecule has 178 valence electrons. The minimum absolute atomic E-state index is 0.0459. The van der Waals surface area contributed by atoms with Crippen LogP contribution in [0.2, 0.25) is 12.6 Å². The van der Waals surface area contributed by atoms with Gasteiger partial charge in [-0.25, -0.2) is 9.57 Å². The van der Waals surface area contributed by atoms with Gasteiger partial charge in [0, 0.05) is 45.1 Å². The van der Waals surface area contributed by atoms with E-state index in [9.17, 15) is 9.90 Å². The van der Waals surface area contributed by atoms with Crippen LogP contribution in [0.4, 0.5) is 11.4 Å². The summed E-state index contributed by atoms with van der Waals surface area (Å²) >= 11 is 0. The Morgan fingerprint density at radius 2 is 1.97 bits per heavy atom. The Hall–Kier alpha value is -2.73. The van der Waals surface area contributed by atoms with Crippen LogP contribution in [0.1, 0.15) is 52.5 Å². The molecular weight excluding hydrogens is 438 g/mol. The van der Waals surface area contributed by atoms with Gasteiger partial charge in [0.15, 0.2) is 5.54 Å². The summed E-state index contributed by atoms with van der Waals surface area (Å²) in [4.78, 5) is 19.0. The Balaban J connectivity index is 1.76. The first kappa shape index (κ1) is 23.0. The maximum absolute atomic E-state index is 11.4. The predicted molar refractivity (Wildman–Crippen MR) is 142 cm³/mol. The van der Waals surface area contributed by atoms with Crippen LogP contribution < -0.4 is 30.6 Å². The molecule has 0 saturated carbocycles. The first-order valence-corrected chi connectivity index (χ1v) is 15.3. The Kier molecular flexibility index (Phi) is 5.55. The van der Waals surface area contributed by atoms with E-state index in [-0.39, 0.29) is 12.0 Å². The molecule has 0 bridgehead atoms. The molecule has 0 radical (unpaired) electrons. The Labute approximate surface area is 203 Å². The molecular formula is C28H36N3O2Si+. The zero-order valence-electron chi connectivity index (χ0n) is 21.1. The second-order valence-electron chi connectivity index (χ2n) is 10.8. The lowest BCUT2D eigenvalue weighted by molar-refractivity contribution is -0.137. The van der Waals surface area contributed by atoms with Gasteiger partial charge in [-0.2, -0.15) is 0 Å². The number of carboxylic acid groups (broad SMARTS) is 1. The molecule has 1 atom stereocenters. The van der Waals surface area contributed by atoms with Crippen LogP contribution >= 0.6 is 0 Å². The van der Waals surface area contributed by atoms with Crippen molar-refractivity contribution >= 4 is 41.4 Å². The van der Waals surface area contributed by atoms with Gasteiger partial charge in [-0.05, 0) is 79.0 Å². The number of likely N-dealkylation sites (N-methyl/N-ethyl adjacent to an activating group) is 1. The predicted octanol–water partition coefficient (Wildman–Crippen LogP) is 2.93. The average Bonchev–Trinajstić information content (AvgIpc) is 2.72. The zero-order valence-corrected chi connectivity index (χ0v) is 22.1. The maximum Gasteiger partial charge on any atom is 0.303 e. The van der Waals surface area contributed by atoms with Crippen molar-refractivity contribution in [2.24, 2.45) is 4.99 Å². The molecule has 1 N–H and O–H groups in total. The third-order valence-electron chi connectivity index (χ3n) is 8.11. The van der Waals surface area contributed by atoms with Crippen LogP contribution in [0, 0.1) is 0 Å². The van der Waals surface area contributed by atoms with Crippen LogP contribution in [-0.4, -0.2) is 44.3 Å². The van der Waals surface area contributed by atoms with Crippen LogP contribution in [0.5, 0.6) is 0 Å². The second-order valence-corrected chi connectivity index (χ2v) is 15.1. The molecule has 0 spiro atoms. The van der Waals surface area contributed by atoms with Crippen molar-refractivity contribution in [1.29, 1.82) is 0 Å². The third kappa shape index (κ3) is 3.63. The van der Waals surface area contributed by atoms with E-state index in [1.807, 2.05) is 0 Å². The Bertz CT molecular complexity index is 1340. The number of allylic oxidation sites excluding steroid dienone is 1. The molecule has 1 unspecified atom stereocenters. The maximum atomic E-state index is 11.4. The highest BCUT2D eigenvalue weighted by molar-refractivity contribution is 7.02. The van der Waals surface area contributed by atoms with Gasteiger partial charge < -0.3 is 10.0 Å². The molecule has 0 amide bonds. The molecule has 5 rings (SSSR count). The van der Waals surface area contributed by atoms with E-state index in [0.717, 1.165) is 36.7 Å². The average molecular weight is 475 g/mol. The molecule has 3 aliphatic heterocycles. The number of fused-ring (bicyclic) bond motifs is 3. The summed E-state index contributed by atoms with van der Waals surface area (Å²) in [6.07, 6.45) is 4.53. The van der Waals surface area contributed by atoms with Crippen molar-refractivity contribution in [2.75, 3.05) is 24.5 Å². The number of aliphatic carboxylic acids is 1. The molecule has 34 heavy (non-hydrogen) atoms. The molecule has 5 nitrogen and oxygen atoms in total. The van der Waals surface area contributed by atoms with E-state index in [1.54, 1.807) is 0 Å². The van der Waals surface area contributed by atoms with E-state index in [2.05, 4.69) is 80.1 Å². The number of carboxylic acids is 1. The molecule has 1 saturated heterocycles. The van der Waals surface area contributed by atoms with Gasteiger partial charge in [0.05, 0.1) is 16.6 Å². The van der Waals surface area contributed by atoms with Crippen molar-refractivity contribution in [3.8, 4) is 0 Å². The van der Waals surface area contributed by atoms with Gasteiger partial charge in [-0.1, -0.05) is 6.55 Å². The molecule has 0 aromatic heterocycles. The molecule has 6 heteroatoms. The lowest BCUT2D eigenvalue weighted by atomic mass is 9.92. The third-order valence-corrected chi connectivity index (χ3v) is 12.6. The number of benzene rings is 2. The quantitative estimate of drug-likeness (QED) is 0.517.